The van der Waals surface area contributed by atoms with Gasteiger partial charge in [-0.05, 0) is 19.3 Å². The van der Waals surface area contributed by atoms with E-state index in [0.717, 1.165) is 18.7 Å². The molecule has 2 heterocycles. The second-order valence-electron chi connectivity index (χ2n) is 4.41. The molecule has 1 aromatic rings. The highest BCUT2D eigenvalue weighted by Crippen LogP contribution is 2.34. The molecule has 0 saturated heterocycles. The van der Waals surface area contributed by atoms with Crippen molar-refractivity contribution in [3.05, 3.63) is 17.0 Å². The average Bonchev–Trinajstić information content (AvgIpc) is 2.55. The lowest BCUT2D eigenvalue weighted by molar-refractivity contribution is 0.106. The number of rotatable bonds is 2. The van der Waals surface area contributed by atoms with Gasteiger partial charge in [-0.15, -0.1) is 0 Å². The maximum atomic E-state index is 5.72. The van der Waals surface area contributed by atoms with Gasteiger partial charge in [-0.25, -0.2) is 0 Å². The van der Waals surface area contributed by atoms with Gasteiger partial charge in [0.2, 0.25) is 0 Å². The number of hydrogen-bond acceptors (Lipinski definition) is 3. The van der Waals surface area contributed by atoms with Crippen LogP contribution in [0.5, 0.6) is 0 Å². The lowest BCUT2D eigenvalue weighted by atomic mass is 9.93. The quantitative estimate of drug-likeness (QED) is 0.791. The van der Waals surface area contributed by atoms with E-state index < -0.39 is 0 Å². The Kier molecular flexibility index (Phi) is 2.25. The molecule has 0 unspecified atom stereocenters. The summed E-state index contributed by atoms with van der Waals surface area (Å²) in [5.74, 6) is 0. The smallest absolute Gasteiger partial charge is 0.0818 e. The standard InChI is InChI=1S/C11H17N3O/c12-6-10-9-7-15-5-4-11(9)14(13-10)8-2-1-3-8/h8H,1-7,12H2. The molecule has 0 amide bonds. The van der Waals surface area contributed by atoms with Gasteiger partial charge in [0.25, 0.3) is 0 Å². The summed E-state index contributed by atoms with van der Waals surface area (Å²) in [6.45, 7) is 2.06. The Morgan fingerprint density at radius 2 is 2.33 bits per heavy atom. The number of nitrogens with two attached hydrogens (primary N) is 1. The van der Waals surface area contributed by atoms with Crippen molar-refractivity contribution in [1.29, 1.82) is 0 Å². The van der Waals surface area contributed by atoms with E-state index in [1.54, 1.807) is 0 Å². The number of fused-ring (bicyclic) bond motifs is 1. The van der Waals surface area contributed by atoms with Gasteiger partial charge in [0.05, 0.1) is 24.9 Å². The fourth-order valence-electron chi connectivity index (χ4n) is 2.43. The van der Waals surface area contributed by atoms with E-state index >= 15 is 0 Å². The summed E-state index contributed by atoms with van der Waals surface area (Å²) < 4.78 is 7.70. The minimum absolute atomic E-state index is 0.533. The van der Waals surface area contributed by atoms with Crippen molar-refractivity contribution in [3.8, 4) is 0 Å². The predicted octanol–water partition coefficient (Wildman–Crippen LogP) is 1.14. The van der Waals surface area contributed by atoms with E-state index in [2.05, 4.69) is 9.78 Å². The van der Waals surface area contributed by atoms with Gasteiger partial charge < -0.3 is 10.5 Å². The number of nitrogens with zero attached hydrogens (tertiary/aromatic N) is 2. The fourth-order valence-corrected chi connectivity index (χ4v) is 2.43. The molecule has 2 aliphatic rings. The van der Waals surface area contributed by atoms with Crippen molar-refractivity contribution in [2.75, 3.05) is 6.61 Å². The molecule has 0 spiro atoms. The molecule has 1 saturated carbocycles. The van der Waals surface area contributed by atoms with Crippen LogP contribution >= 0.6 is 0 Å². The van der Waals surface area contributed by atoms with Crippen molar-refractivity contribution in [1.82, 2.24) is 9.78 Å². The van der Waals surface area contributed by atoms with Crippen LogP contribution in [0, 0.1) is 0 Å². The minimum Gasteiger partial charge on any atom is -0.376 e. The van der Waals surface area contributed by atoms with E-state index in [0.29, 0.717) is 19.2 Å². The van der Waals surface area contributed by atoms with Gasteiger partial charge in [-0.2, -0.15) is 5.10 Å². The summed E-state index contributed by atoms with van der Waals surface area (Å²) in [5, 5.41) is 4.64. The van der Waals surface area contributed by atoms with Crippen molar-refractivity contribution in [2.45, 2.75) is 44.9 Å². The molecule has 1 fully saturated rings. The number of ether oxygens (including phenoxy) is 1. The molecule has 15 heavy (non-hydrogen) atoms. The Morgan fingerprint density at radius 3 is 3.00 bits per heavy atom. The van der Waals surface area contributed by atoms with E-state index in [1.807, 2.05) is 0 Å². The number of aromatic nitrogens is 2. The molecule has 4 heteroatoms. The summed E-state index contributed by atoms with van der Waals surface area (Å²) in [4.78, 5) is 0. The third-order valence-corrected chi connectivity index (χ3v) is 3.55. The molecule has 1 aromatic heterocycles. The molecule has 1 aliphatic heterocycles. The zero-order valence-electron chi connectivity index (χ0n) is 8.91. The lowest BCUT2D eigenvalue weighted by Gasteiger charge is -2.28. The molecule has 82 valence electrons. The van der Waals surface area contributed by atoms with Crippen LogP contribution in [0.4, 0.5) is 0 Å². The van der Waals surface area contributed by atoms with Crippen molar-refractivity contribution in [2.24, 2.45) is 5.73 Å². The molecule has 0 atom stereocenters. The van der Waals surface area contributed by atoms with Crippen LogP contribution in [0.15, 0.2) is 0 Å². The SMILES string of the molecule is NCc1nn(C2CCC2)c2c1COCC2. The Morgan fingerprint density at radius 1 is 1.47 bits per heavy atom. The van der Waals surface area contributed by atoms with E-state index in [-0.39, 0.29) is 0 Å². The Bertz CT molecular complexity index is 368. The average molecular weight is 207 g/mol. The second-order valence-corrected chi connectivity index (χ2v) is 4.41. The molecule has 4 nitrogen and oxygen atoms in total. The Hall–Kier alpha value is -0.870. The van der Waals surface area contributed by atoms with Gasteiger partial charge in [0.15, 0.2) is 0 Å². The van der Waals surface area contributed by atoms with Crippen molar-refractivity contribution in [3.63, 3.8) is 0 Å². The normalized spacial score (nSPS) is 21.1. The van der Waals surface area contributed by atoms with E-state index in [9.17, 15) is 0 Å². The molecular weight excluding hydrogens is 190 g/mol. The topological polar surface area (TPSA) is 53.1 Å². The maximum absolute atomic E-state index is 5.72. The van der Waals surface area contributed by atoms with Gasteiger partial charge in [-0.1, -0.05) is 0 Å². The van der Waals surface area contributed by atoms with Crippen LogP contribution < -0.4 is 5.73 Å². The molecule has 3 rings (SSSR count). The highest BCUT2D eigenvalue weighted by molar-refractivity contribution is 5.28. The summed E-state index contributed by atoms with van der Waals surface area (Å²) >= 11 is 0. The first-order valence-electron chi connectivity index (χ1n) is 5.77. The monoisotopic (exact) mass is 207 g/mol. The molecule has 0 aromatic carbocycles. The molecule has 0 bridgehead atoms. The van der Waals surface area contributed by atoms with Crippen LogP contribution in [0.25, 0.3) is 0 Å². The largest absolute Gasteiger partial charge is 0.376 e. The molecular formula is C11H17N3O. The van der Waals surface area contributed by atoms with Gasteiger partial charge in [-0.3, -0.25) is 4.68 Å². The highest BCUT2D eigenvalue weighted by Gasteiger charge is 2.27. The molecule has 1 aliphatic carbocycles. The first kappa shape index (κ1) is 9.36. The zero-order valence-corrected chi connectivity index (χ0v) is 8.91. The van der Waals surface area contributed by atoms with Gasteiger partial charge in [0.1, 0.15) is 0 Å². The number of hydrogen-bond donors (Lipinski definition) is 1. The first-order chi connectivity index (χ1) is 7.40. The Labute approximate surface area is 89.4 Å². The van der Waals surface area contributed by atoms with Gasteiger partial charge >= 0.3 is 0 Å². The van der Waals surface area contributed by atoms with Crippen LogP contribution in [-0.4, -0.2) is 16.4 Å². The van der Waals surface area contributed by atoms with Crippen LogP contribution in [-0.2, 0) is 24.3 Å². The lowest BCUT2D eigenvalue weighted by Crippen LogP contribution is -2.22. The van der Waals surface area contributed by atoms with Crippen LogP contribution in [0.1, 0.15) is 42.3 Å². The third-order valence-electron chi connectivity index (χ3n) is 3.55. The van der Waals surface area contributed by atoms with Gasteiger partial charge in [0, 0.05) is 24.2 Å². The van der Waals surface area contributed by atoms with Crippen molar-refractivity contribution >= 4 is 0 Å². The minimum atomic E-state index is 0.533. The molecule has 0 radical (unpaired) electrons. The maximum Gasteiger partial charge on any atom is 0.0818 e. The second kappa shape index (κ2) is 3.61. The Balaban J connectivity index is 2.01. The summed E-state index contributed by atoms with van der Waals surface area (Å²) in [5.41, 5.74) is 9.39. The fraction of sp³-hybridized carbons (Fsp3) is 0.727. The predicted molar refractivity (Wildman–Crippen MR) is 56.4 cm³/mol. The van der Waals surface area contributed by atoms with Crippen molar-refractivity contribution < 1.29 is 4.74 Å². The van der Waals surface area contributed by atoms with Crippen LogP contribution in [0.3, 0.4) is 0 Å². The zero-order chi connectivity index (χ0) is 10.3. The van der Waals surface area contributed by atoms with Crippen LogP contribution in [0.2, 0.25) is 0 Å². The van der Waals surface area contributed by atoms with E-state index in [4.69, 9.17) is 10.5 Å². The highest BCUT2D eigenvalue weighted by atomic mass is 16.5. The third kappa shape index (κ3) is 1.40. The summed E-state index contributed by atoms with van der Waals surface area (Å²) in [7, 11) is 0. The summed E-state index contributed by atoms with van der Waals surface area (Å²) in [6.07, 6.45) is 4.89. The first-order valence-corrected chi connectivity index (χ1v) is 5.77. The van der Waals surface area contributed by atoms with E-state index in [1.165, 1.54) is 30.5 Å². The molecule has 2 N–H and O–H groups in total. The summed E-state index contributed by atoms with van der Waals surface area (Å²) in [6, 6.07) is 0.636.